The molecule has 17 heavy (non-hydrogen) atoms. The molecule has 0 spiro atoms. The monoisotopic (exact) mass is 330 g/mol. The Morgan fingerprint density at radius 3 is 2.88 bits per heavy atom. The summed E-state index contributed by atoms with van der Waals surface area (Å²) in [6.07, 6.45) is 1.01. The first-order chi connectivity index (χ1) is 8.16. The highest BCUT2D eigenvalue weighted by molar-refractivity contribution is 9.10. The lowest BCUT2D eigenvalue weighted by molar-refractivity contribution is 0.582. The fraction of sp³-hybridized carbons (Fsp3) is 0.417. The summed E-state index contributed by atoms with van der Waals surface area (Å²) >= 11 is 7.10. The fourth-order valence-electron chi connectivity index (χ4n) is 1.62. The summed E-state index contributed by atoms with van der Waals surface area (Å²) in [4.78, 5) is 5.82. The number of hydrogen-bond acceptors (Lipinski definition) is 4. The molecule has 5 heteroatoms. The van der Waals surface area contributed by atoms with Gasteiger partial charge in [0.15, 0.2) is 0 Å². The molecule has 1 unspecified atom stereocenters. The second-order valence-corrected chi connectivity index (χ2v) is 6.69. The molecule has 0 saturated heterocycles. The Morgan fingerprint density at radius 1 is 1.47 bits per heavy atom. The van der Waals surface area contributed by atoms with Crippen molar-refractivity contribution in [1.29, 1.82) is 0 Å². The van der Waals surface area contributed by atoms with Crippen LogP contribution >= 0.6 is 38.6 Å². The summed E-state index contributed by atoms with van der Waals surface area (Å²) in [6.45, 7) is 5.21. The van der Waals surface area contributed by atoms with Gasteiger partial charge >= 0.3 is 0 Å². The van der Waals surface area contributed by atoms with Gasteiger partial charge in [0.1, 0.15) is 0 Å². The molecule has 2 rings (SSSR count). The normalized spacial score (nSPS) is 12.9. The minimum atomic E-state index is 0.394. The van der Waals surface area contributed by atoms with Crippen LogP contribution in [0.25, 0.3) is 0 Å². The molecule has 2 aromatic heterocycles. The Labute approximate surface area is 118 Å². The number of halogens is 1. The van der Waals surface area contributed by atoms with Crippen LogP contribution in [0.2, 0.25) is 0 Å². The topological polar surface area (TPSA) is 24.9 Å². The van der Waals surface area contributed by atoms with E-state index in [9.17, 15) is 0 Å². The van der Waals surface area contributed by atoms with Crippen molar-refractivity contribution in [2.75, 3.05) is 6.54 Å². The van der Waals surface area contributed by atoms with E-state index in [1.807, 2.05) is 6.92 Å². The fourth-order valence-corrected chi connectivity index (χ4v) is 4.15. The Morgan fingerprint density at radius 2 is 2.29 bits per heavy atom. The van der Waals surface area contributed by atoms with Crippen LogP contribution in [0.15, 0.2) is 21.3 Å². The van der Waals surface area contributed by atoms with E-state index >= 15 is 0 Å². The summed E-state index contributed by atoms with van der Waals surface area (Å²) < 4.78 is 1.20. The number of aryl methyl sites for hydroxylation is 1. The Kier molecular flexibility index (Phi) is 4.73. The van der Waals surface area contributed by atoms with Crippen LogP contribution in [0, 0.1) is 6.92 Å². The minimum Gasteiger partial charge on any atom is -0.309 e. The standard InChI is InChI=1S/C12H15BrN2S2/c1-8-7-17-11(15-8)3-5-14-9(2)12-10(13)4-6-16-12/h4,6-7,9,14H,3,5H2,1-2H3. The smallest absolute Gasteiger partial charge is 0.0940 e. The first-order valence-corrected chi connectivity index (χ1v) is 8.09. The molecule has 0 aliphatic heterocycles. The first kappa shape index (κ1) is 13.2. The van der Waals surface area contributed by atoms with Crippen molar-refractivity contribution in [2.24, 2.45) is 0 Å². The molecule has 0 saturated carbocycles. The number of hydrogen-bond donors (Lipinski definition) is 1. The summed E-state index contributed by atoms with van der Waals surface area (Å²) in [5, 5.41) is 8.96. The van der Waals surface area contributed by atoms with Gasteiger partial charge in [0.05, 0.1) is 5.01 Å². The summed E-state index contributed by atoms with van der Waals surface area (Å²) in [5.74, 6) is 0. The second kappa shape index (κ2) is 6.09. The van der Waals surface area contributed by atoms with Crippen molar-refractivity contribution in [2.45, 2.75) is 26.3 Å². The lowest BCUT2D eigenvalue weighted by Gasteiger charge is -2.12. The third-order valence-electron chi connectivity index (χ3n) is 2.49. The first-order valence-electron chi connectivity index (χ1n) is 5.54. The lowest BCUT2D eigenvalue weighted by atomic mass is 10.2. The quantitative estimate of drug-likeness (QED) is 0.889. The van der Waals surface area contributed by atoms with E-state index in [0.29, 0.717) is 6.04 Å². The molecule has 2 aromatic rings. The number of thiazole rings is 1. The van der Waals surface area contributed by atoms with Crippen LogP contribution in [0.5, 0.6) is 0 Å². The largest absolute Gasteiger partial charge is 0.309 e. The maximum absolute atomic E-state index is 4.46. The molecule has 2 nitrogen and oxygen atoms in total. The zero-order valence-electron chi connectivity index (χ0n) is 9.87. The molecule has 0 amide bonds. The highest BCUT2D eigenvalue weighted by Gasteiger charge is 2.10. The third kappa shape index (κ3) is 3.61. The van der Waals surface area contributed by atoms with Gasteiger partial charge in [-0.3, -0.25) is 0 Å². The molecule has 0 aliphatic rings. The van der Waals surface area contributed by atoms with Crippen molar-refractivity contribution in [3.63, 3.8) is 0 Å². The van der Waals surface area contributed by atoms with Gasteiger partial charge in [-0.2, -0.15) is 0 Å². The van der Waals surface area contributed by atoms with Gasteiger partial charge in [-0.15, -0.1) is 22.7 Å². The Balaban J connectivity index is 1.81. The molecule has 0 aliphatic carbocycles. The molecular formula is C12H15BrN2S2. The number of thiophene rings is 1. The van der Waals surface area contributed by atoms with Crippen LogP contribution in [0.1, 0.15) is 28.5 Å². The summed E-state index contributed by atoms with van der Waals surface area (Å²) in [5.41, 5.74) is 1.12. The van der Waals surface area contributed by atoms with Gasteiger partial charge in [0.2, 0.25) is 0 Å². The number of nitrogens with one attached hydrogen (secondary N) is 1. The molecule has 0 bridgehead atoms. The van der Waals surface area contributed by atoms with Crippen LogP contribution in [-0.4, -0.2) is 11.5 Å². The predicted octanol–water partition coefficient (Wildman–Crippen LogP) is 4.17. The SMILES string of the molecule is Cc1csc(CCNC(C)c2sccc2Br)n1. The molecule has 2 heterocycles. The van der Waals surface area contributed by atoms with Crippen molar-refractivity contribution in [1.82, 2.24) is 10.3 Å². The lowest BCUT2D eigenvalue weighted by Crippen LogP contribution is -2.20. The van der Waals surface area contributed by atoms with Gasteiger partial charge in [-0.05, 0) is 41.2 Å². The van der Waals surface area contributed by atoms with Crippen molar-refractivity contribution < 1.29 is 0 Å². The zero-order chi connectivity index (χ0) is 12.3. The maximum Gasteiger partial charge on any atom is 0.0940 e. The molecular weight excluding hydrogens is 316 g/mol. The molecule has 0 fully saturated rings. The van der Waals surface area contributed by atoms with E-state index in [4.69, 9.17) is 0 Å². The van der Waals surface area contributed by atoms with Gasteiger partial charge in [-0.1, -0.05) is 0 Å². The highest BCUT2D eigenvalue weighted by Crippen LogP contribution is 2.28. The van der Waals surface area contributed by atoms with Crippen molar-refractivity contribution >= 4 is 38.6 Å². The molecule has 1 atom stereocenters. The van der Waals surface area contributed by atoms with Gasteiger partial charge in [-0.25, -0.2) is 4.98 Å². The summed E-state index contributed by atoms with van der Waals surface area (Å²) in [6, 6.07) is 2.49. The molecule has 92 valence electrons. The van der Waals surface area contributed by atoms with Crippen LogP contribution < -0.4 is 5.32 Å². The number of aromatic nitrogens is 1. The van der Waals surface area contributed by atoms with E-state index in [2.05, 4.69) is 50.0 Å². The molecule has 0 radical (unpaired) electrons. The zero-order valence-corrected chi connectivity index (χ0v) is 13.1. The highest BCUT2D eigenvalue weighted by atomic mass is 79.9. The summed E-state index contributed by atoms with van der Waals surface area (Å²) in [7, 11) is 0. The van der Waals surface area contributed by atoms with Crippen molar-refractivity contribution in [3.05, 3.63) is 36.9 Å². The van der Waals surface area contributed by atoms with E-state index in [1.165, 1.54) is 14.4 Å². The Hall–Kier alpha value is -0.230. The average Bonchev–Trinajstić information content (AvgIpc) is 2.87. The van der Waals surface area contributed by atoms with Crippen LogP contribution in [-0.2, 0) is 6.42 Å². The van der Waals surface area contributed by atoms with Crippen LogP contribution in [0.3, 0.4) is 0 Å². The van der Waals surface area contributed by atoms with E-state index in [1.54, 1.807) is 22.7 Å². The minimum absolute atomic E-state index is 0.394. The van der Waals surface area contributed by atoms with Gasteiger partial charge in [0, 0.05) is 39.4 Å². The van der Waals surface area contributed by atoms with E-state index < -0.39 is 0 Å². The van der Waals surface area contributed by atoms with E-state index in [-0.39, 0.29) is 0 Å². The Bertz CT molecular complexity index is 478. The number of nitrogens with zero attached hydrogens (tertiary/aromatic N) is 1. The molecule has 0 aromatic carbocycles. The van der Waals surface area contributed by atoms with Gasteiger partial charge < -0.3 is 5.32 Å². The van der Waals surface area contributed by atoms with E-state index in [0.717, 1.165) is 18.7 Å². The van der Waals surface area contributed by atoms with Crippen molar-refractivity contribution in [3.8, 4) is 0 Å². The van der Waals surface area contributed by atoms with Gasteiger partial charge in [0.25, 0.3) is 0 Å². The average molecular weight is 331 g/mol. The van der Waals surface area contributed by atoms with Crippen LogP contribution in [0.4, 0.5) is 0 Å². The maximum atomic E-state index is 4.46. The second-order valence-electron chi connectivity index (χ2n) is 3.94. The predicted molar refractivity (Wildman–Crippen MR) is 79.0 cm³/mol. The third-order valence-corrected chi connectivity index (χ3v) is 5.57. The molecule has 1 N–H and O–H groups in total. The number of rotatable bonds is 5.